The molecule has 25 heavy (non-hydrogen) atoms. The molecule has 3 atom stereocenters. The smallest absolute Gasteiger partial charge is 0.305 e. The van der Waals surface area contributed by atoms with Gasteiger partial charge in [-0.05, 0) is 36.6 Å². The van der Waals surface area contributed by atoms with Crippen LogP contribution < -0.4 is 0 Å². The maximum atomic E-state index is 11.0. The number of unbranched alkanes of at least 4 members (excludes halogenated alkanes) is 4. The van der Waals surface area contributed by atoms with Gasteiger partial charge in [-0.3, -0.25) is 4.79 Å². The number of allylic oxidation sites excluding steroid dienone is 2. The molecule has 0 spiro atoms. The van der Waals surface area contributed by atoms with Gasteiger partial charge in [0.1, 0.15) is 6.10 Å². The van der Waals surface area contributed by atoms with E-state index in [0.717, 1.165) is 51.4 Å². The van der Waals surface area contributed by atoms with Crippen LogP contribution in [0.4, 0.5) is 0 Å². The Balaban J connectivity index is 1.96. The molecular weight excluding hydrogens is 384 g/mol. The second-order valence-corrected chi connectivity index (χ2v) is 6.59. The first-order valence-electron chi connectivity index (χ1n) is 9.02. The molecule has 1 fully saturated rings. The standard InChI is InChI=1S/C20H29BrO4/c1-24-20(23)13-9-4-2-3-7-11-17(22)14-15-19-18(25-19)12-8-5-6-10-16-21/h5-6,14-15,17-19,22H,2-4,7-9,11-13H2,1H3/b6-5-,15-14+/t17-,18+,19+/m1/s1. The number of carbonyl (C=O) groups is 1. The van der Waals surface area contributed by atoms with Crippen LogP contribution in [0.5, 0.6) is 0 Å². The molecule has 4 nitrogen and oxygen atoms in total. The van der Waals surface area contributed by atoms with Gasteiger partial charge in [-0.25, -0.2) is 0 Å². The predicted octanol–water partition coefficient (Wildman–Crippen LogP) is 4.27. The van der Waals surface area contributed by atoms with Gasteiger partial charge in [-0.15, -0.1) is 0 Å². The molecule has 0 amide bonds. The van der Waals surface area contributed by atoms with Crippen molar-refractivity contribution < 1.29 is 19.4 Å². The average molecular weight is 413 g/mol. The minimum atomic E-state index is -0.394. The maximum Gasteiger partial charge on any atom is 0.305 e. The average Bonchev–Trinajstić information content (AvgIpc) is 3.37. The molecule has 5 heteroatoms. The summed E-state index contributed by atoms with van der Waals surface area (Å²) in [6.45, 7) is 0. The van der Waals surface area contributed by atoms with E-state index in [-0.39, 0.29) is 18.2 Å². The van der Waals surface area contributed by atoms with Gasteiger partial charge in [-0.1, -0.05) is 49.8 Å². The predicted molar refractivity (Wildman–Crippen MR) is 103 cm³/mol. The molecule has 1 aliphatic heterocycles. The Morgan fingerprint density at radius 1 is 1.32 bits per heavy atom. The maximum absolute atomic E-state index is 11.0. The summed E-state index contributed by atoms with van der Waals surface area (Å²) in [5, 5.41) is 9.96. The zero-order chi connectivity index (χ0) is 18.3. The van der Waals surface area contributed by atoms with Gasteiger partial charge >= 0.3 is 5.97 Å². The van der Waals surface area contributed by atoms with E-state index >= 15 is 0 Å². The lowest BCUT2D eigenvalue weighted by atomic mass is 10.1. The molecule has 0 aromatic rings. The molecule has 0 saturated carbocycles. The number of halogens is 1. The minimum absolute atomic E-state index is 0.134. The summed E-state index contributed by atoms with van der Waals surface area (Å²) < 4.78 is 10.2. The SMILES string of the molecule is COC(=O)CCCCCCC[C@@H](O)/C=C/[C@@H]1O[C@H]1CC/C=C\C#CBr. The molecule has 1 aliphatic rings. The highest BCUT2D eigenvalue weighted by Crippen LogP contribution is 2.28. The normalized spacial score (nSPS) is 20.4. The van der Waals surface area contributed by atoms with Gasteiger partial charge in [0.05, 0.1) is 19.3 Å². The molecule has 0 aliphatic carbocycles. The number of esters is 1. The van der Waals surface area contributed by atoms with Crippen molar-refractivity contribution in [2.45, 2.75) is 76.1 Å². The van der Waals surface area contributed by atoms with Crippen LogP contribution >= 0.6 is 15.9 Å². The highest BCUT2D eigenvalue weighted by molar-refractivity contribution is 9.12. The van der Waals surface area contributed by atoms with E-state index in [0.29, 0.717) is 6.42 Å². The van der Waals surface area contributed by atoms with E-state index in [9.17, 15) is 9.90 Å². The van der Waals surface area contributed by atoms with Gasteiger partial charge in [0, 0.05) is 22.4 Å². The quantitative estimate of drug-likeness (QED) is 0.161. The van der Waals surface area contributed by atoms with Gasteiger partial charge < -0.3 is 14.6 Å². The third kappa shape index (κ3) is 12.0. The fraction of sp³-hybridized carbons (Fsp3) is 0.650. The Hall–Kier alpha value is -1.09. The Morgan fingerprint density at radius 3 is 2.84 bits per heavy atom. The number of epoxide rings is 1. The first-order valence-corrected chi connectivity index (χ1v) is 9.81. The van der Waals surface area contributed by atoms with Crippen molar-refractivity contribution in [2.24, 2.45) is 0 Å². The van der Waals surface area contributed by atoms with Crippen LogP contribution in [0, 0.1) is 10.8 Å². The minimum Gasteiger partial charge on any atom is -0.469 e. The molecule has 0 radical (unpaired) electrons. The third-order valence-corrected chi connectivity index (χ3v) is 4.36. The van der Waals surface area contributed by atoms with Crippen LogP contribution in [0.3, 0.4) is 0 Å². The number of methoxy groups -OCH3 is 1. The summed E-state index contributed by atoms with van der Waals surface area (Å²) in [4.78, 5) is 13.6. The van der Waals surface area contributed by atoms with E-state index in [1.807, 2.05) is 24.3 Å². The van der Waals surface area contributed by atoms with Crippen LogP contribution in [0.2, 0.25) is 0 Å². The summed E-state index contributed by atoms with van der Waals surface area (Å²) in [5.74, 6) is 2.68. The molecule has 0 aromatic carbocycles. The molecule has 1 saturated heterocycles. The Bertz CT molecular complexity index is 490. The second kappa shape index (κ2) is 14.1. The molecule has 0 bridgehead atoms. The summed E-state index contributed by atoms with van der Waals surface area (Å²) in [6, 6.07) is 0. The zero-order valence-electron chi connectivity index (χ0n) is 15.0. The van der Waals surface area contributed by atoms with E-state index in [4.69, 9.17) is 4.74 Å². The third-order valence-electron chi connectivity index (χ3n) is 4.13. The van der Waals surface area contributed by atoms with Crippen molar-refractivity contribution in [3.63, 3.8) is 0 Å². The molecule has 140 valence electrons. The summed E-state index contributed by atoms with van der Waals surface area (Å²) >= 11 is 3.04. The number of aliphatic hydroxyl groups excluding tert-OH is 1. The van der Waals surface area contributed by atoms with E-state index in [2.05, 4.69) is 31.4 Å². The number of hydrogen-bond donors (Lipinski definition) is 1. The van der Waals surface area contributed by atoms with E-state index in [1.165, 1.54) is 7.11 Å². The fourth-order valence-electron chi connectivity index (χ4n) is 2.58. The highest BCUT2D eigenvalue weighted by Gasteiger charge is 2.35. The number of aliphatic hydroxyl groups is 1. The van der Waals surface area contributed by atoms with E-state index < -0.39 is 6.10 Å². The number of hydrogen-bond acceptors (Lipinski definition) is 4. The van der Waals surface area contributed by atoms with Crippen molar-refractivity contribution in [2.75, 3.05) is 7.11 Å². The highest BCUT2D eigenvalue weighted by atomic mass is 79.9. The fourth-order valence-corrected chi connectivity index (χ4v) is 2.71. The number of ether oxygens (including phenoxy) is 2. The van der Waals surface area contributed by atoms with Gasteiger partial charge in [0.2, 0.25) is 0 Å². The Morgan fingerprint density at radius 2 is 2.08 bits per heavy atom. The lowest BCUT2D eigenvalue weighted by Gasteiger charge is -2.05. The van der Waals surface area contributed by atoms with Crippen LogP contribution in [-0.4, -0.2) is 36.5 Å². The van der Waals surface area contributed by atoms with Crippen molar-refractivity contribution in [3.8, 4) is 10.8 Å². The van der Waals surface area contributed by atoms with Crippen LogP contribution in [0.15, 0.2) is 24.3 Å². The van der Waals surface area contributed by atoms with Gasteiger partial charge in [0.25, 0.3) is 0 Å². The van der Waals surface area contributed by atoms with Crippen LogP contribution in [0.25, 0.3) is 0 Å². The molecule has 1 rings (SSSR count). The molecule has 1 N–H and O–H groups in total. The zero-order valence-corrected chi connectivity index (χ0v) is 16.5. The molecular formula is C20H29BrO4. The lowest BCUT2D eigenvalue weighted by molar-refractivity contribution is -0.140. The topological polar surface area (TPSA) is 59.1 Å². The van der Waals surface area contributed by atoms with Crippen molar-refractivity contribution >= 4 is 21.9 Å². The van der Waals surface area contributed by atoms with Crippen LogP contribution in [0.1, 0.15) is 57.8 Å². The van der Waals surface area contributed by atoms with E-state index in [1.54, 1.807) is 0 Å². The van der Waals surface area contributed by atoms with Gasteiger partial charge in [-0.2, -0.15) is 0 Å². The summed E-state index contributed by atoms with van der Waals surface area (Å²) in [6.07, 6.45) is 16.1. The monoisotopic (exact) mass is 412 g/mol. The largest absolute Gasteiger partial charge is 0.469 e. The molecule has 1 heterocycles. The summed E-state index contributed by atoms with van der Waals surface area (Å²) in [7, 11) is 1.42. The second-order valence-electron chi connectivity index (χ2n) is 6.19. The van der Waals surface area contributed by atoms with Crippen molar-refractivity contribution in [3.05, 3.63) is 24.3 Å². The van der Waals surface area contributed by atoms with Crippen LogP contribution in [-0.2, 0) is 14.3 Å². The van der Waals surface area contributed by atoms with Crippen molar-refractivity contribution in [1.82, 2.24) is 0 Å². The first kappa shape index (κ1) is 22.0. The molecule has 0 unspecified atom stereocenters. The number of rotatable bonds is 13. The lowest BCUT2D eigenvalue weighted by Crippen LogP contribution is -2.03. The first-order chi connectivity index (χ1) is 12.2. The summed E-state index contributed by atoms with van der Waals surface area (Å²) in [5.41, 5.74) is 0. The number of carbonyl (C=O) groups excluding carboxylic acids is 1. The Kier molecular flexibility index (Phi) is 12.4. The van der Waals surface area contributed by atoms with Crippen molar-refractivity contribution in [1.29, 1.82) is 0 Å². The Labute approximate surface area is 159 Å². The molecule has 0 aromatic heterocycles. The van der Waals surface area contributed by atoms with Gasteiger partial charge in [0.15, 0.2) is 0 Å².